The molecule has 0 unspecified atom stereocenters. The average molecular weight is 229 g/mol. The van der Waals surface area contributed by atoms with E-state index in [1.165, 1.54) is 11.3 Å². The van der Waals surface area contributed by atoms with Gasteiger partial charge in [0.25, 0.3) is 0 Å². The zero-order valence-electron chi connectivity index (χ0n) is 7.82. The monoisotopic (exact) mass is 229 g/mol. The molecule has 0 amide bonds. The van der Waals surface area contributed by atoms with Crippen LogP contribution < -0.4 is 0 Å². The number of rotatable bonds is 5. The van der Waals surface area contributed by atoms with Crippen LogP contribution in [0.25, 0.3) is 0 Å². The SMILES string of the molecule is C=C(C)CSc1nc(CC(=O)O)cs1. The zero-order valence-corrected chi connectivity index (χ0v) is 9.45. The van der Waals surface area contributed by atoms with Crippen molar-refractivity contribution in [3.05, 3.63) is 23.2 Å². The standard InChI is InChI=1S/C9H11NO2S2/c1-6(2)4-13-9-10-7(5-14-9)3-8(11)12/h5H,1,3-4H2,2H3,(H,11,12). The average Bonchev–Trinajstić information content (AvgIpc) is 2.47. The fourth-order valence-electron chi connectivity index (χ4n) is 0.776. The first kappa shape index (κ1) is 11.3. The van der Waals surface area contributed by atoms with Crippen molar-refractivity contribution in [3.8, 4) is 0 Å². The quantitative estimate of drug-likeness (QED) is 0.622. The Morgan fingerprint density at radius 1 is 1.79 bits per heavy atom. The van der Waals surface area contributed by atoms with Gasteiger partial charge in [-0.05, 0) is 6.92 Å². The third kappa shape index (κ3) is 3.93. The van der Waals surface area contributed by atoms with Crippen LogP contribution in [0.15, 0.2) is 21.9 Å². The van der Waals surface area contributed by atoms with E-state index in [-0.39, 0.29) is 6.42 Å². The van der Waals surface area contributed by atoms with Gasteiger partial charge in [-0.15, -0.1) is 11.3 Å². The number of nitrogens with zero attached hydrogens (tertiary/aromatic N) is 1. The highest BCUT2D eigenvalue weighted by atomic mass is 32.2. The maximum absolute atomic E-state index is 10.4. The van der Waals surface area contributed by atoms with Crippen LogP contribution in [0.3, 0.4) is 0 Å². The second kappa shape index (κ2) is 5.17. The molecule has 0 spiro atoms. The highest BCUT2D eigenvalue weighted by Crippen LogP contribution is 2.24. The predicted molar refractivity (Wildman–Crippen MR) is 59.0 cm³/mol. The van der Waals surface area contributed by atoms with Crippen LogP contribution in [-0.4, -0.2) is 21.8 Å². The molecule has 5 heteroatoms. The summed E-state index contributed by atoms with van der Waals surface area (Å²) in [4.78, 5) is 14.6. The smallest absolute Gasteiger partial charge is 0.309 e. The number of carboxylic acid groups (broad SMARTS) is 1. The van der Waals surface area contributed by atoms with Crippen LogP contribution >= 0.6 is 23.1 Å². The summed E-state index contributed by atoms with van der Waals surface area (Å²) in [6.07, 6.45) is 0.00410. The molecule has 1 rings (SSSR count). The molecule has 0 aromatic carbocycles. The summed E-state index contributed by atoms with van der Waals surface area (Å²) in [5, 5.41) is 10.3. The van der Waals surface area contributed by atoms with E-state index in [0.717, 1.165) is 15.7 Å². The predicted octanol–water partition coefficient (Wildman–Crippen LogP) is 2.44. The van der Waals surface area contributed by atoms with E-state index >= 15 is 0 Å². The molecule has 0 aliphatic carbocycles. The van der Waals surface area contributed by atoms with Crippen LogP contribution in [0.5, 0.6) is 0 Å². The van der Waals surface area contributed by atoms with Gasteiger partial charge in [0.1, 0.15) is 4.34 Å². The number of aromatic nitrogens is 1. The third-order valence-electron chi connectivity index (χ3n) is 1.31. The fraction of sp³-hybridized carbons (Fsp3) is 0.333. The molecule has 0 saturated heterocycles. The lowest BCUT2D eigenvalue weighted by atomic mass is 10.3. The number of thioether (sulfide) groups is 1. The molecule has 0 atom stereocenters. The molecule has 1 aromatic heterocycles. The van der Waals surface area contributed by atoms with E-state index in [2.05, 4.69) is 11.6 Å². The van der Waals surface area contributed by atoms with Crippen molar-refractivity contribution in [1.82, 2.24) is 4.98 Å². The minimum Gasteiger partial charge on any atom is -0.481 e. The first-order chi connectivity index (χ1) is 6.58. The molecule has 1 aromatic rings. The molecule has 0 radical (unpaired) electrons. The Morgan fingerprint density at radius 3 is 3.07 bits per heavy atom. The molecule has 0 bridgehead atoms. The maximum atomic E-state index is 10.4. The molecule has 0 fully saturated rings. The Labute approximate surface area is 90.9 Å². The summed E-state index contributed by atoms with van der Waals surface area (Å²) in [7, 11) is 0. The van der Waals surface area contributed by atoms with Crippen molar-refractivity contribution < 1.29 is 9.90 Å². The molecular weight excluding hydrogens is 218 g/mol. The van der Waals surface area contributed by atoms with Crippen LogP contribution in [-0.2, 0) is 11.2 Å². The molecule has 1 heterocycles. The summed E-state index contributed by atoms with van der Waals surface area (Å²) in [5.41, 5.74) is 1.72. The molecular formula is C9H11NO2S2. The lowest BCUT2D eigenvalue weighted by molar-refractivity contribution is -0.136. The van der Waals surface area contributed by atoms with Crippen LogP contribution in [0.2, 0.25) is 0 Å². The molecule has 0 aliphatic rings. The summed E-state index contributed by atoms with van der Waals surface area (Å²) in [6.45, 7) is 5.74. The first-order valence-corrected chi connectivity index (χ1v) is 5.88. The van der Waals surface area contributed by atoms with E-state index in [4.69, 9.17) is 5.11 Å². The summed E-state index contributed by atoms with van der Waals surface area (Å²) < 4.78 is 0.907. The number of carboxylic acids is 1. The Kier molecular flexibility index (Phi) is 4.16. The van der Waals surface area contributed by atoms with Gasteiger partial charge in [0.15, 0.2) is 0 Å². The maximum Gasteiger partial charge on any atom is 0.309 e. The van der Waals surface area contributed by atoms with Crippen LogP contribution in [0.1, 0.15) is 12.6 Å². The van der Waals surface area contributed by atoms with E-state index in [1.54, 1.807) is 17.1 Å². The number of carbonyl (C=O) groups is 1. The molecule has 0 saturated carbocycles. The Bertz CT molecular complexity index is 346. The van der Waals surface area contributed by atoms with Gasteiger partial charge < -0.3 is 5.11 Å². The van der Waals surface area contributed by atoms with Gasteiger partial charge in [-0.1, -0.05) is 23.9 Å². The summed E-state index contributed by atoms with van der Waals surface area (Å²) >= 11 is 3.07. The van der Waals surface area contributed by atoms with Gasteiger partial charge in [-0.2, -0.15) is 0 Å². The molecule has 0 aliphatic heterocycles. The number of hydrogen-bond acceptors (Lipinski definition) is 4. The Hall–Kier alpha value is -0.810. The van der Waals surface area contributed by atoms with E-state index in [1.807, 2.05) is 6.92 Å². The van der Waals surface area contributed by atoms with Crippen LogP contribution in [0.4, 0.5) is 0 Å². The third-order valence-corrected chi connectivity index (χ3v) is 3.61. The van der Waals surface area contributed by atoms with Crippen molar-refractivity contribution in [2.75, 3.05) is 5.75 Å². The number of thiazole rings is 1. The normalized spacial score (nSPS) is 10.1. The van der Waals surface area contributed by atoms with Crippen molar-refractivity contribution in [1.29, 1.82) is 0 Å². The van der Waals surface area contributed by atoms with Gasteiger partial charge in [-0.3, -0.25) is 4.79 Å². The lowest BCUT2D eigenvalue weighted by Crippen LogP contribution is -1.99. The van der Waals surface area contributed by atoms with Gasteiger partial charge in [0.05, 0.1) is 12.1 Å². The molecule has 14 heavy (non-hydrogen) atoms. The van der Waals surface area contributed by atoms with Crippen molar-refractivity contribution in [2.24, 2.45) is 0 Å². The minimum absolute atomic E-state index is 0.00410. The van der Waals surface area contributed by atoms with Gasteiger partial charge in [0.2, 0.25) is 0 Å². The number of aliphatic carboxylic acids is 1. The Balaban J connectivity index is 2.50. The summed E-state index contributed by atoms with van der Waals surface area (Å²) in [5.74, 6) is -0.00761. The Morgan fingerprint density at radius 2 is 2.50 bits per heavy atom. The highest BCUT2D eigenvalue weighted by Gasteiger charge is 2.06. The minimum atomic E-state index is -0.841. The van der Waals surface area contributed by atoms with Gasteiger partial charge >= 0.3 is 5.97 Å². The van der Waals surface area contributed by atoms with E-state index in [9.17, 15) is 4.79 Å². The lowest BCUT2D eigenvalue weighted by Gasteiger charge is -1.94. The van der Waals surface area contributed by atoms with Crippen LogP contribution in [0, 0.1) is 0 Å². The molecule has 76 valence electrons. The van der Waals surface area contributed by atoms with E-state index in [0.29, 0.717) is 5.69 Å². The molecule has 3 nitrogen and oxygen atoms in total. The molecule has 1 N–H and O–H groups in total. The van der Waals surface area contributed by atoms with Gasteiger partial charge in [0, 0.05) is 11.1 Å². The number of hydrogen-bond donors (Lipinski definition) is 1. The summed E-state index contributed by atoms with van der Waals surface area (Å²) in [6, 6.07) is 0. The second-order valence-corrected chi connectivity index (χ2v) is 5.00. The van der Waals surface area contributed by atoms with Gasteiger partial charge in [-0.25, -0.2) is 4.98 Å². The highest BCUT2D eigenvalue weighted by molar-refractivity contribution is 8.01. The van der Waals surface area contributed by atoms with Crippen molar-refractivity contribution in [3.63, 3.8) is 0 Å². The zero-order chi connectivity index (χ0) is 10.6. The topological polar surface area (TPSA) is 50.2 Å². The fourth-order valence-corrected chi connectivity index (χ4v) is 2.46. The van der Waals surface area contributed by atoms with Crippen molar-refractivity contribution in [2.45, 2.75) is 17.7 Å². The van der Waals surface area contributed by atoms with Crippen molar-refractivity contribution >= 4 is 29.1 Å². The largest absolute Gasteiger partial charge is 0.481 e. The van der Waals surface area contributed by atoms with E-state index < -0.39 is 5.97 Å². The first-order valence-electron chi connectivity index (χ1n) is 4.01. The second-order valence-electron chi connectivity index (χ2n) is 2.92.